The van der Waals surface area contributed by atoms with Crippen LogP contribution in [0.3, 0.4) is 0 Å². The number of carbonyl (C=O) groups is 1. The van der Waals surface area contributed by atoms with E-state index in [0.717, 1.165) is 33.2 Å². The van der Waals surface area contributed by atoms with Crippen molar-refractivity contribution in [3.8, 4) is 16.9 Å². The molecule has 0 amide bonds. The third-order valence-electron chi connectivity index (χ3n) is 2.65. The number of hydrogen-bond acceptors (Lipinski definition) is 2. The summed E-state index contributed by atoms with van der Waals surface area (Å²) in [7, 11) is 0. The third kappa shape index (κ3) is 2.99. The molecule has 18 heavy (non-hydrogen) atoms. The molecule has 2 nitrogen and oxygen atoms in total. The van der Waals surface area contributed by atoms with Crippen molar-refractivity contribution in [1.82, 2.24) is 0 Å². The van der Waals surface area contributed by atoms with Gasteiger partial charge in [0.05, 0.1) is 0 Å². The molecule has 0 atom stereocenters. The van der Waals surface area contributed by atoms with Crippen LogP contribution in [0.1, 0.15) is 5.56 Å². The predicted octanol–water partition coefficient (Wildman–Crippen LogP) is 4.00. The van der Waals surface area contributed by atoms with E-state index in [1.54, 1.807) is 0 Å². The zero-order valence-electron chi connectivity index (χ0n) is 10.0. The standard InChI is InChI=1S/C15H13BrO2/c1-11-9-14(18-8-7-17)5-6-15(11)12-3-2-4-13(16)10-12/h2-7,9-10H,8H2,1H3. The van der Waals surface area contributed by atoms with Crippen molar-refractivity contribution in [3.63, 3.8) is 0 Å². The maximum atomic E-state index is 10.3. The fourth-order valence-electron chi connectivity index (χ4n) is 1.84. The van der Waals surface area contributed by atoms with Gasteiger partial charge >= 0.3 is 0 Å². The maximum absolute atomic E-state index is 10.3. The fraction of sp³-hybridized carbons (Fsp3) is 0.133. The van der Waals surface area contributed by atoms with Crippen molar-refractivity contribution in [2.75, 3.05) is 6.61 Å². The van der Waals surface area contributed by atoms with E-state index in [2.05, 4.69) is 28.1 Å². The summed E-state index contributed by atoms with van der Waals surface area (Å²) in [5, 5.41) is 0. The minimum Gasteiger partial charge on any atom is -0.486 e. The number of aldehydes is 1. The van der Waals surface area contributed by atoms with Crippen LogP contribution in [0.4, 0.5) is 0 Å². The first-order chi connectivity index (χ1) is 8.70. The van der Waals surface area contributed by atoms with Crippen LogP contribution in [0, 0.1) is 6.92 Å². The number of rotatable bonds is 4. The normalized spacial score (nSPS) is 10.1. The molecule has 0 N–H and O–H groups in total. The molecule has 0 aliphatic carbocycles. The summed E-state index contributed by atoms with van der Waals surface area (Å²) >= 11 is 3.47. The zero-order chi connectivity index (χ0) is 13.0. The molecular weight excluding hydrogens is 292 g/mol. The number of carbonyl (C=O) groups excluding carboxylic acids is 1. The van der Waals surface area contributed by atoms with Gasteiger partial charge in [-0.2, -0.15) is 0 Å². The van der Waals surface area contributed by atoms with E-state index in [1.807, 2.05) is 37.3 Å². The van der Waals surface area contributed by atoms with Crippen molar-refractivity contribution < 1.29 is 9.53 Å². The van der Waals surface area contributed by atoms with Gasteiger partial charge in [-0.25, -0.2) is 0 Å². The second-order valence-corrected chi connectivity index (χ2v) is 4.88. The molecule has 0 aromatic heterocycles. The van der Waals surface area contributed by atoms with Crippen molar-refractivity contribution in [1.29, 1.82) is 0 Å². The minimum absolute atomic E-state index is 0.0929. The Hall–Kier alpha value is -1.61. The predicted molar refractivity (Wildman–Crippen MR) is 75.9 cm³/mol. The average molecular weight is 305 g/mol. The molecule has 2 rings (SSSR count). The second kappa shape index (κ2) is 5.83. The maximum Gasteiger partial charge on any atom is 0.157 e. The highest BCUT2D eigenvalue weighted by atomic mass is 79.9. The smallest absolute Gasteiger partial charge is 0.157 e. The molecule has 0 aliphatic rings. The van der Waals surface area contributed by atoms with E-state index >= 15 is 0 Å². The molecule has 0 bridgehead atoms. The Morgan fingerprint density at radius 2 is 2.06 bits per heavy atom. The Bertz CT molecular complexity index is 564. The molecule has 0 unspecified atom stereocenters. The van der Waals surface area contributed by atoms with Gasteiger partial charge in [-0.1, -0.05) is 34.1 Å². The SMILES string of the molecule is Cc1cc(OCC=O)ccc1-c1cccc(Br)c1. The van der Waals surface area contributed by atoms with Crippen LogP contribution in [0.5, 0.6) is 5.75 Å². The first-order valence-corrected chi connectivity index (χ1v) is 6.43. The summed E-state index contributed by atoms with van der Waals surface area (Å²) in [6.07, 6.45) is 0.748. The highest BCUT2D eigenvalue weighted by molar-refractivity contribution is 9.10. The Kier molecular flexibility index (Phi) is 4.15. The average Bonchev–Trinajstić information content (AvgIpc) is 2.36. The summed E-state index contributed by atoms with van der Waals surface area (Å²) in [6.45, 7) is 2.12. The van der Waals surface area contributed by atoms with Crippen LogP contribution < -0.4 is 4.74 Å². The number of halogens is 1. The van der Waals surface area contributed by atoms with Gasteiger partial charge in [0.1, 0.15) is 12.4 Å². The third-order valence-corrected chi connectivity index (χ3v) is 3.14. The van der Waals surface area contributed by atoms with Gasteiger partial charge in [-0.05, 0) is 47.9 Å². The molecule has 0 saturated carbocycles. The molecule has 92 valence electrons. The zero-order valence-corrected chi connectivity index (χ0v) is 11.6. The molecule has 0 aliphatic heterocycles. The quantitative estimate of drug-likeness (QED) is 0.798. The molecule has 2 aromatic carbocycles. The molecule has 0 saturated heterocycles. The topological polar surface area (TPSA) is 26.3 Å². The van der Waals surface area contributed by atoms with E-state index in [9.17, 15) is 4.79 Å². The van der Waals surface area contributed by atoms with Gasteiger partial charge in [-0.15, -0.1) is 0 Å². The van der Waals surface area contributed by atoms with E-state index in [1.165, 1.54) is 0 Å². The Morgan fingerprint density at radius 3 is 2.72 bits per heavy atom. The lowest BCUT2D eigenvalue weighted by Crippen LogP contribution is -1.98. The lowest BCUT2D eigenvalue weighted by molar-refractivity contribution is -0.109. The lowest BCUT2D eigenvalue weighted by Gasteiger charge is -2.09. The first-order valence-electron chi connectivity index (χ1n) is 5.64. The summed E-state index contributed by atoms with van der Waals surface area (Å²) in [4.78, 5) is 10.3. The molecule has 0 heterocycles. The van der Waals surface area contributed by atoms with Gasteiger partial charge in [0.25, 0.3) is 0 Å². The van der Waals surface area contributed by atoms with Crippen LogP contribution in [-0.4, -0.2) is 12.9 Å². The largest absolute Gasteiger partial charge is 0.486 e. The number of aryl methyl sites for hydroxylation is 1. The van der Waals surface area contributed by atoms with Gasteiger partial charge in [0.15, 0.2) is 6.29 Å². The van der Waals surface area contributed by atoms with E-state index in [4.69, 9.17) is 4.74 Å². The minimum atomic E-state index is 0.0929. The highest BCUT2D eigenvalue weighted by Crippen LogP contribution is 2.28. The number of hydrogen-bond donors (Lipinski definition) is 0. The summed E-state index contributed by atoms with van der Waals surface area (Å²) in [6, 6.07) is 14.0. The van der Waals surface area contributed by atoms with E-state index in [-0.39, 0.29) is 6.61 Å². The molecule has 0 radical (unpaired) electrons. The summed E-state index contributed by atoms with van der Waals surface area (Å²) in [5.74, 6) is 0.721. The van der Waals surface area contributed by atoms with Crippen LogP contribution in [0.2, 0.25) is 0 Å². The highest BCUT2D eigenvalue weighted by Gasteiger charge is 2.04. The Labute approximate surface area is 115 Å². The number of benzene rings is 2. The molecule has 0 spiro atoms. The number of ether oxygens (including phenoxy) is 1. The van der Waals surface area contributed by atoms with Crippen LogP contribution >= 0.6 is 15.9 Å². The second-order valence-electron chi connectivity index (χ2n) is 3.96. The summed E-state index contributed by atoms with van der Waals surface area (Å²) in [5.41, 5.74) is 3.44. The van der Waals surface area contributed by atoms with Gasteiger partial charge < -0.3 is 4.74 Å². The molecule has 2 aromatic rings. The van der Waals surface area contributed by atoms with E-state index < -0.39 is 0 Å². The molecule has 0 fully saturated rings. The van der Waals surface area contributed by atoms with Crippen molar-refractivity contribution >= 4 is 22.2 Å². The van der Waals surface area contributed by atoms with Gasteiger partial charge in [-0.3, -0.25) is 4.79 Å². The molecular formula is C15H13BrO2. The van der Waals surface area contributed by atoms with Crippen LogP contribution in [-0.2, 0) is 4.79 Å². The van der Waals surface area contributed by atoms with Gasteiger partial charge in [0.2, 0.25) is 0 Å². The van der Waals surface area contributed by atoms with Crippen LogP contribution in [0.15, 0.2) is 46.9 Å². The Morgan fingerprint density at radius 1 is 1.22 bits per heavy atom. The molecule has 3 heteroatoms. The summed E-state index contributed by atoms with van der Waals surface area (Å²) < 4.78 is 6.33. The van der Waals surface area contributed by atoms with Crippen molar-refractivity contribution in [2.24, 2.45) is 0 Å². The first kappa shape index (κ1) is 12.8. The van der Waals surface area contributed by atoms with E-state index in [0.29, 0.717) is 0 Å². The van der Waals surface area contributed by atoms with Gasteiger partial charge in [0, 0.05) is 4.47 Å². The fourth-order valence-corrected chi connectivity index (χ4v) is 2.24. The van der Waals surface area contributed by atoms with Crippen LogP contribution in [0.25, 0.3) is 11.1 Å². The monoisotopic (exact) mass is 304 g/mol. The lowest BCUT2D eigenvalue weighted by atomic mass is 10.0. The van der Waals surface area contributed by atoms with Crippen molar-refractivity contribution in [2.45, 2.75) is 6.92 Å². The van der Waals surface area contributed by atoms with Crippen molar-refractivity contribution in [3.05, 3.63) is 52.5 Å². The Balaban J connectivity index is 2.32.